The third-order valence-electron chi connectivity index (χ3n) is 20.1. The Bertz CT molecular complexity index is 4780. The molecule has 0 aliphatic carbocycles. The predicted molar refractivity (Wildman–Crippen MR) is 398 cm³/mol. The summed E-state index contributed by atoms with van der Waals surface area (Å²) in [5.41, 5.74) is 25.1. The van der Waals surface area contributed by atoms with Gasteiger partial charge in [0.1, 0.15) is 18.0 Å². The molecule has 4 aliphatic rings. The molecular weight excluding hydrogens is 1300 g/mol. The molecule has 0 saturated carbocycles. The number of aliphatic imine (C=N–C) groups is 1. The Balaban J connectivity index is 0.000000156. The first-order valence-corrected chi connectivity index (χ1v) is 35.0. The molecule has 6 aromatic heterocycles. The number of Topliss-reactive ketones (excluding diaryl/α,β-unsaturated/α-hetero) is 3. The number of ketones is 3. The second-order valence-corrected chi connectivity index (χ2v) is 27.2. The van der Waals surface area contributed by atoms with Crippen molar-refractivity contribution in [1.82, 2.24) is 48.3 Å². The number of cyclic esters (lactones) is 1. The van der Waals surface area contributed by atoms with Crippen LogP contribution in [0.3, 0.4) is 0 Å². The van der Waals surface area contributed by atoms with E-state index in [0.29, 0.717) is 118 Å². The fraction of sp³-hybridized carbons (Fsp3) is 0.392. The largest absolute Gasteiger partial charge is 0.495 e. The first-order chi connectivity index (χ1) is 49.8. The van der Waals surface area contributed by atoms with Gasteiger partial charge in [-0.15, -0.1) is 0 Å². The number of primary amides is 1. The van der Waals surface area contributed by atoms with E-state index in [1.165, 1.54) is 0 Å². The number of carbonyl (C=O) groups excluding carboxylic acids is 5. The topological polar surface area (TPSA) is 257 Å². The molecule has 3 fully saturated rings. The molecule has 0 spiro atoms. The van der Waals surface area contributed by atoms with E-state index in [4.69, 9.17) is 45.4 Å². The number of esters is 1. The van der Waals surface area contributed by atoms with E-state index in [0.717, 1.165) is 141 Å². The third-order valence-corrected chi connectivity index (χ3v) is 20.1. The van der Waals surface area contributed by atoms with Crippen molar-refractivity contribution in [2.45, 2.75) is 78.6 Å². The van der Waals surface area contributed by atoms with Gasteiger partial charge in [0.15, 0.2) is 40.3 Å². The monoisotopic (exact) mass is 1390 g/mol. The van der Waals surface area contributed by atoms with E-state index in [-0.39, 0.29) is 48.7 Å². The molecule has 0 radical (unpaired) electrons. The number of amides is 1. The van der Waals surface area contributed by atoms with Gasteiger partial charge in [0.05, 0.1) is 116 Å². The maximum atomic E-state index is 13.7. The fourth-order valence-corrected chi connectivity index (χ4v) is 14.6. The van der Waals surface area contributed by atoms with Gasteiger partial charge in [-0.3, -0.25) is 38.9 Å². The maximum absolute atomic E-state index is 13.7. The molecule has 10 heterocycles. The van der Waals surface area contributed by atoms with Crippen LogP contribution < -0.4 is 20.9 Å². The quantitative estimate of drug-likeness (QED) is 0.0363. The maximum Gasteiger partial charge on any atom is 0.334 e. The number of piperidine rings is 3. The van der Waals surface area contributed by atoms with Crippen LogP contribution in [0.25, 0.3) is 64.7 Å². The number of nitrogens with zero attached hydrogens (tertiary/aromatic N) is 14. The number of benzene rings is 3. The molecule has 1 amide bonds. The summed E-state index contributed by atoms with van der Waals surface area (Å²) >= 11 is 0. The van der Waals surface area contributed by atoms with Crippen LogP contribution in [0.5, 0.6) is 11.5 Å². The van der Waals surface area contributed by atoms with E-state index < -0.39 is 0 Å². The molecule has 4 N–H and O–H groups in total. The van der Waals surface area contributed by atoms with Gasteiger partial charge >= 0.3 is 5.97 Å². The Morgan fingerprint density at radius 2 is 0.922 bits per heavy atom. The molecule has 24 heteroatoms. The number of ether oxygens (including phenoxy) is 3. The molecule has 9 aromatic rings. The number of rotatable bonds is 22. The Morgan fingerprint density at radius 1 is 0.553 bits per heavy atom. The molecule has 0 bridgehead atoms. The lowest BCUT2D eigenvalue weighted by Crippen LogP contribution is -2.39. The van der Waals surface area contributed by atoms with E-state index in [1.54, 1.807) is 69.2 Å². The zero-order chi connectivity index (χ0) is 73.0. The molecule has 532 valence electrons. The summed E-state index contributed by atoms with van der Waals surface area (Å²) in [7, 11) is 7.45. The van der Waals surface area contributed by atoms with Crippen LogP contribution >= 0.6 is 0 Å². The van der Waals surface area contributed by atoms with Crippen LogP contribution in [-0.4, -0.2) is 190 Å². The summed E-state index contributed by atoms with van der Waals surface area (Å²) in [6.45, 7) is 35.7. The van der Waals surface area contributed by atoms with Crippen molar-refractivity contribution in [2.75, 3.05) is 107 Å². The number of hydrogen-bond donors (Lipinski definition) is 2. The number of hydrogen-bond acceptors (Lipinski definition) is 17. The predicted octanol–water partition coefficient (Wildman–Crippen LogP) is 11.6. The van der Waals surface area contributed by atoms with Gasteiger partial charge in [-0.25, -0.2) is 34.3 Å². The second-order valence-electron chi connectivity index (χ2n) is 27.2. The van der Waals surface area contributed by atoms with Crippen LogP contribution in [0.1, 0.15) is 105 Å². The second kappa shape index (κ2) is 33.3. The number of methoxy groups -OCH3 is 2. The number of pyridine rings is 3. The van der Waals surface area contributed by atoms with Crippen molar-refractivity contribution >= 4 is 85.3 Å². The smallest absolute Gasteiger partial charge is 0.334 e. The van der Waals surface area contributed by atoms with Gasteiger partial charge in [0.25, 0.3) is 0 Å². The number of carbonyl (C=O) groups is 5. The van der Waals surface area contributed by atoms with Crippen molar-refractivity contribution in [2.24, 2.45) is 34.2 Å². The lowest BCUT2D eigenvalue weighted by atomic mass is 9.93. The highest BCUT2D eigenvalue weighted by molar-refractivity contribution is 6.11. The molecule has 0 unspecified atom stereocenters. The minimum Gasteiger partial charge on any atom is -0.495 e. The van der Waals surface area contributed by atoms with Gasteiger partial charge in [-0.05, 0) is 191 Å². The highest BCUT2D eigenvalue weighted by atomic mass is 16.6. The van der Waals surface area contributed by atoms with Gasteiger partial charge < -0.3 is 44.3 Å². The lowest BCUT2D eigenvalue weighted by Gasteiger charge is -2.32. The average Bonchev–Trinajstić information content (AvgIpc) is 1.62. The van der Waals surface area contributed by atoms with Crippen LogP contribution in [0.4, 0.5) is 17.1 Å². The lowest BCUT2D eigenvalue weighted by molar-refractivity contribution is -0.132. The standard InChI is InChI=1S/C29H30N6O4.C26H31N5O2.C24H27N5O2/c1-18-28(24(36)17-34-11-9-19(10-12-34)14-26-32-16-27(38)39-26)29-23(13-20(15-33-29)3-8-25(30)37)35(18)22-6-4-21(31-2)5-7-22;1-18-25(24(32)17-30-12-10-19(11-13-30)16-29(3)4)26-23(14-22(33-5)15-28-26)31(18)21-8-6-20(27-2)7-9-21;1-16-23(22(30)15-28-10-8-17(13-25)9-11-28)24-21(12-20(31-3)14-27-24)29(16)19-6-4-18(26-2)5-7-19/h4-7,13,15,19H,3,8-12,14,16-17H2,1H3,(H2,30,37);6-9,14-15,19H,10-13,16-17H2,1,3-5H3;4-7,12,14,17H,8-11,13,15,25H2,1,3H3. The van der Waals surface area contributed by atoms with Crippen LogP contribution in [0.2, 0.25) is 0 Å². The Hall–Kier alpha value is -10.8. The number of fused-ring (bicyclic) bond motifs is 3. The zero-order valence-corrected chi connectivity index (χ0v) is 59.7. The average molecular weight is 1390 g/mol. The van der Waals surface area contributed by atoms with Gasteiger partial charge in [-0.2, -0.15) is 0 Å². The third kappa shape index (κ3) is 17.1. The van der Waals surface area contributed by atoms with Gasteiger partial charge in [0, 0.05) is 71.9 Å². The molecule has 4 aliphatic heterocycles. The minimum absolute atomic E-state index is 0.000961. The normalized spacial score (nSPS) is 15.6. The molecule has 24 nitrogen and oxygen atoms in total. The van der Waals surface area contributed by atoms with Gasteiger partial charge in [-0.1, -0.05) is 36.4 Å². The fourth-order valence-electron chi connectivity index (χ4n) is 14.6. The molecular formula is C79H88N16O8. The Kier molecular flexibility index (Phi) is 23.8. The summed E-state index contributed by atoms with van der Waals surface area (Å²) in [4.78, 5) is 101. The first-order valence-electron chi connectivity index (χ1n) is 35.0. The Labute approximate surface area is 600 Å². The number of likely N-dealkylation sites (tertiary alicyclic amines) is 3. The van der Waals surface area contributed by atoms with Crippen LogP contribution in [0, 0.1) is 58.2 Å². The highest BCUT2D eigenvalue weighted by Crippen LogP contribution is 2.36. The molecule has 3 saturated heterocycles. The van der Waals surface area contributed by atoms with Crippen molar-refractivity contribution < 1.29 is 38.2 Å². The Morgan fingerprint density at radius 3 is 1.26 bits per heavy atom. The zero-order valence-electron chi connectivity index (χ0n) is 59.7. The number of aryl methyl sites for hydroxylation is 1. The molecule has 0 atom stereocenters. The molecule has 103 heavy (non-hydrogen) atoms. The van der Waals surface area contributed by atoms with Crippen molar-refractivity contribution in [3.05, 3.63) is 183 Å². The van der Waals surface area contributed by atoms with E-state index in [9.17, 15) is 24.0 Å². The van der Waals surface area contributed by atoms with E-state index in [1.807, 2.05) is 89.1 Å². The summed E-state index contributed by atoms with van der Waals surface area (Å²) in [5.74, 6) is 2.93. The van der Waals surface area contributed by atoms with E-state index >= 15 is 0 Å². The van der Waals surface area contributed by atoms with E-state index in [2.05, 4.69) is 68.2 Å². The first kappa shape index (κ1) is 73.4. The molecule has 3 aromatic carbocycles. The van der Waals surface area contributed by atoms with Crippen molar-refractivity contribution in [3.8, 4) is 28.6 Å². The highest BCUT2D eigenvalue weighted by Gasteiger charge is 2.32. The summed E-state index contributed by atoms with van der Waals surface area (Å²) < 4.78 is 22.0. The van der Waals surface area contributed by atoms with Crippen LogP contribution in [0.15, 0.2) is 115 Å². The van der Waals surface area contributed by atoms with Gasteiger partial charge in [0.2, 0.25) is 5.91 Å². The van der Waals surface area contributed by atoms with Crippen molar-refractivity contribution in [3.63, 3.8) is 0 Å². The summed E-state index contributed by atoms with van der Waals surface area (Å²) in [5, 5.41) is 0. The number of aromatic nitrogens is 6. The van der Waals surface area contributed by atoms with Crippen LogP contribution in [-0.2, 0) is 20.7 Å². The minimum atomic E-state index is -0.381. The van der Waals surface area contributed by atoms with Crippen molar-refractivity contribution in [1.29, 1.82) is 0 Å². The summed E-state index contributed by atoms with van der Waals surface area (Å²) in [6.07, 6.45) is 12.5. The SMILES string of the molecule is [C-]#[N+]c1ccc(-n2c(C)c(C(=O)CN3CCC(CC4=NCC(=O)O4)CC3)c3ncc(CCC(N)=O)cc32)cc1.[C-]#[N+]c1ccc(-n2c(C)c(C(=O)CN3CCC(CN(C)C)CC3)c3ncc(OC)cc32)cc1.[C-]#[N+]c1ccc(-n2c(C)c(C(=O)CN3CCC(CN)CC3)c3ncc(OC)cc32)cc1. The number of nitrogens with two attached hydrogens (primary N) is 2. The molecule has 13 rings (SSSR count). The summed E-state index contributed by atoms with van der Waals surface area (Å²) in [6, 6.07) is 27.8.